The number of hydrogen-bond donors (Lipinski definition) is 0. The van der Waals surface area contributed by atoms with Crippen LogP contribution in [0.5, 0.6) is 0 Å². The van der Waals surface area contributed by atoms with Crippen LogP contribution in [0.2, 0.25) is 0 Å². The molecule has 0 aliphatic heterocycles. The Hall–Kier alpha value is 2.80. The summed E-state index contributed by atoms with van der Waals surface area (Å²) in [4.78, 5) is 0. The van der Waals surface area contributed by atoms with Crippen molar-refractivity contribution in [3.05, 3.63) is 0 Å². The van der Waals surface area contributed by atoms with Crippen molar-refractivity contribution in [2.24, 2.45) is 0 Å². The molecular formula is H8GaInNiSn. The van der Waals surface area contributed by atoms with Gasteiger partial charge in [0.2, 0.25) is 0 Å². The van der Waals surface area contributed by atoms with E-state index < -0.39 is 0 Å². The average Bonchev–Trinajstić information content (AvgIpc) is 0. The molecule has 0 aliphatic rings. The van der Waals surface area contributed by atoms with Crippen molar-refractivity contribution in [2.45, 2.75) is 0 Å². The van der Waals surface area contributed by atoms with Crippen LogP contribution in [0.3, 0.4) is 0 Å². The summed E-state index contributed by atoms with van der Waals surface area (Å²) in [5, 5.41) is 0. The van der Waals surface area contributed by atoms with Gasteiger partial charge < -0.3 is 0 Å². The third kappa shape index (κ3) is 8.84. The molecule has 2 radical (unpaired) electrons. The zero-order valence-electron chi connectivity index (χ0n) is 1.02. The SMILES string of the molecule is [GaH3].[InH3].[Ni].[SnH2]. The normalized spacial score (nSPS) is 0. The van der Waals surface area contributed by atoms with Gasteiger partial charge in [-0.15, -0.1) is 0 Å². The van der Waals surface area contributed by atoms with E-state index in [4.69, 9.17) is 0 Å². The van der Waals surface area contributed by atoms with Crippen molar-refractivity contribution in [3.63, 3.8) is 0 Å². The first-order valence-electron chi connectivity index (χ1n) is 0. The maximum atomic E-state index is 0. The molecule has 0 nitrogen and oxygen atoms in total. The van der Waals surface area contributed by atoms with E-state index >= 15 is 0 Å². The molecule has 0 N–H and O–H groups in total. The third-order valence-electron chi connectivity index (χ3n) is 0. The average molecular weight is 370 g/mol. The second-order valence-electron chi connectivity index (χ2n) is 0. The van der Waals surface area contributed by atoms with Crippen molar-refractivity contribution in [1.29, 1.82) is 0 Å². The summed E-state index contributed by atoms with van der Waals surface area (Å²) in [5.74, 6) is 0. The summed E-state index contributed by atoms with van der Waals surface area (Å²) in [6, 6.07) is 0. The van der Waals surface area contributed by atoms with E-state index in [9.17, 15) is 0 Å². The van der Waals surface area contributed by atoms with Gasteiger partial charge in [0.1, 0.15) is 0 Å². The zero-order chi connectivity index (χ0) is 0. The molecule has 0 aromatic carbocycles. The first-order chi connectivity index (χ1) is 0. The Morgan fingerprint density at radius 3 is 1.00 bits per heavy atom. The van der Waals surface area contributed by atoms with Gasteiger partial charge in [0, 0.05) is 16.5 Å². The summed E-state index contributed by atoms with van der Waals surface area (Å²) in [6.45, 7) is 0. The maximum absolute atomic E-state index is 0. The first-order valence-corrected chi connectivity index (χ1v) is 0. The Bertz CT molecular complexity index is 8.00. The van der Waals surface area contributed by atoms with Crippen LogP contribution in [0.25, 0.3) is 0 Å². The number of rotatable bonds is 0. The zero-order valence-corrected chi connectivity index (χ0v) is 6.05. The first kappa shape index (κ1) is 29.2. The predicted molar refractivity (Wildman–Crippen MR) is 28.4 cm³/mol. The van der Waals surface area contributed by atoms with Gasteiger partial charge in [0.05, 0.1) is 0 Å². The van der Waals surface area contributed by atoms with Crippen LogP contribution in [-0.4, -0.2) is 69.5 Å². The molecule has 4 heteroatoms. The standard InChI is InChI=1S/Ga.In.Ni.Sn.8H. The van der Waals surface area contributed by atoms with E-state index in [0.717, 1.165) is 0 Å². The van der Waals surface area contributed by atoms with Crippen LogP contribution in [-0.2, 0) is 16.5 Å². The summed E-state index contributed by atoms with van der Waals surface area (Å²) in [7, 11) is 0. The van der Waals surface area contributed by atoms with Crippen LogP contribution in [0.4, 0.5) is 0 Å². The molecule has 0 saturated heterocycles. The third-order valence-corrected chi connectivity index (χ3v) is 0. The van der Waals surface area contributed by atoms with Crippen molar-refractivity contribution < 1.29 is 16.5 Å². The molecule has 0 rings (SSSR count). The minimum atomic E-state index is 0. The molecule has 0 amide bonds. The molecule has 0 saturated carbocycles. The van der Waals surface area contributed by atoms with E-state index in [0.29, 0.717) is 0 Å². The van der Waals surface area contributed by atoms with Gasteiger partial charge in [-0.3, -0.25) is 0 Å². The van der Waals surface area contributed by atoms with E-state index in [1.54, 1.807) is 0 Å². The van der Waals surface area contributed by atoms with Crippen LogP contribution in [0.15, 0.2) is 0 Å². The van der Waals surface area contributed by atoms with Crippen LogP contribution >= 0.6 is 0 Å². The van der Waals surface area contributed by atoms with Crippen LogP contribution in [0, 0.1) is 0 Å². The minimum absolute atomic E-state index is 0. The molecule has 0 heterocycles. The fourth-order valence-electron chi connectivity index (χ4n) is 0. The van der Waals surface area contributed by atoms with Gasteiger partial charge in [-0.05, 0) is 0 Å². The topological polar surface area (TPSA) is 0 Å². The van der Waals surface area contributed by atoms with Gasteiger partial charge >= 0.3 is 69.5 Å². The molecule has 0 aliphatic carbocycles. The van der Waals surface area contributed by atoms with Gasteiger partial charge in [0.15, 0.2) is 0 Å². The molecule has 0 atom stereocenters. The van der Waals surface area contributed by atoms with Gasteiger partial charge in [0.25, 0.3) is 0 Å². The summed E-state index contributed by atoms with van der Waals surface area (Å²) < 4.78 is 0. The summed E-state index contributed by atoms with van der Waals surface area (Å²) in [5.41, 5.74) is 0. The Morgan fingerprint density at radius 1 is 1.00 bits per heavy atom. The van der Waals surface area contributed by atoms with E-state index in [2.05, 4.69) is 0 Å². The van der Waals surface area contributed by atoms with Crippen LogP contribution in [0.1, 0.15) is 0 Å². The van der Waals surface area contributed by atoms with Gasteiger partial charge in [-0.1, -0.05) is 0 Å². The van der Waals surface area contributed by atoms with Crippen molar-refractivity contribution in [2.75, 3.05) is 0 Å². The molecule has 0 aromatic rings. The molecule has 28 valence electrons. The molecule has 0 fully saturated rings. The molecule has 0 unspecified atom stereocenters. The Labute approximate surface area is 84.6 Å². The second kappa shape index (κ2) is 17.0. The molecule has 0 spiro atoms. The summed E-state index contributed by atoms with van der Waals surface area (Å²) in [6.07, 6.45) is 0. The molecule has 0 bridgehead atoms. The number of hydrogen-bond acceptors (Lipinski definition) is 0. The predicted octanol–water partition coefficient (Wildman–Crippen LogP) is -3.29. The Morgan fingerprint density at radius 2 is 1.00 bits per heavy atom. The second-order valence-corrected chi connectivity index (χ2v) is 0. The van der Waals surface area contributed by atoms with Crippen LogP contribution < -0.4 is 0 Å². The van der Waals surface area contributed by atoms with E-state index in [1.807, 2.05) is 0 Å². The van der Waals surface area contributed by atoms with E-state index in [1.165, 1.54) is 0 Å². The summed E-state index contributed by atoms with van der Waals surface area (Å²) >= 11 is 0. The van der Waals surface area contributed by atoms with Crippen molar-refractivity contribution in [1.82, 2.24) is 0 Å². The Balaban J connectivity index is 0. The van der Waals surface area contributed by atoms with Gasteiger partial charge in [-0.2, -0.15) is 0 Å². The molecule has 0 aromatic heterocycles. The van der Waals surface area contributed by atoms with E-state index in [-0.39, 0.29) is 86.0 Å². The monoisotopic (exact) mass is 370 g/mol. The fraction of sp³-hybridized carbons (Fsp3) is 0. The van der Waals surface area contributed by atoms with Crippen molar-refractivity contribution >= 4 is 69.5 Å². The Kier molecular flexibility index (Phi) is 124. The molecule has 4 heavy (non-hydrogen) atoms. The van der Waals surface area contributed by atoms with Crippen molar-refractivity contribution in [3.8, 4) is 0 Å². The molecular weight excluding hydrogens is 362 g/mol. The quantitative estimate of drug-likeness (QED) is 0.393. The fourth-order valence-corrected chi connectivity index (χ4v) is 0. The van der Waals surface area contributed by atoms with Gasteiger partial charge in [-0.25, -0.2) is 0 Å².